The molecule has 3 rings (SSSR count). The number of nitrogens with zero attached hydrogens (tertiary/aromatic N) is 1. The molecule has 1 unspecified atom stereocenters. The molecule has 2 atom stereocenters. The summed E-state index contributed by atoms with van der Waals surface area (Å²) in [5.74, 6) is -0.485. The van der Waals surface area contributed by atoms with E-state index in [4.69, 9.17) is 9.47 Å². The van der Waals surface area contributed by atoms with Crippen molar-refractivity contribution in [1.82, 2.24) is 10.6 Å². The number of hydrogen-bond acceptors (Lipinski definition) is 6. The van der Waals surface area contributed by atoms with Gasteiger partial charge in [-0.1, -0.05) is 24.6 Å². The molecule has 0 saturated heterocycles. The molecule has 0 radical (unpaired) electrons. The Morgan fingerprint density at radius 3 is 2.35 bits per heavy atom. The first kappa shape index (κ1) is 27.7. The van der Waals surface area contributed by atoms with Crippen LogP contribution in [0.2, 0.25) is 0 Å². The van der Waals surface area contributed by atoms with E-state index in [1.54, 1.807) is 51.5 Å². The topological polar surface area (TPSA) is 126 Å². The number of aryl methyl sites for hydroxylation is 1. The zero-order valence-corrected chi connectivity index (χ0v) is 21.8. The van der Waals surface area contributed by atoms with E-state index in [0.29, 0.717) is 17.1 Å². The molecule has 2 aromatic rings. The van der Waals surface area contributed by atoms with Crippen LogP contribution in [0, 0.1) is 6.92 Å². The van der Waals surface area contributed by atoms with E-state index in [2.05, 4.69) is 15.6 Å². The second kappa shape index (κ2) is 12.4. The summed E-state index contributed by atoms with van der Waals surface area (Å²) in [7, 11) is 3.29. The molecule has 3 N–H and O–H groups in total. The van der Waals surface area contributed by atoms with Crippen molar-refractivity contribution in [2.24, 2.45) is 4.99 Å². The van der Waals surface area contributed by atoms with Crippen molar-refractivity contribution in [1.29, 1.82) is 0 Å². The molecule has 0 aromatic heterocycles. The molecule has 0 spiro atoms. The second-order valence-corrected chi connectivity index (χ2v) is 9.25. The Kier molecular flexibility index (Phi) is 9.27. The fraction of sp³-hybridized carbons (Fsp3) is 0.429. The van der Waals surface area contributed by atoms with Crippen molar-refractivity contribution >= 4 is 23.9 Å². The van der Waals surface area contributed by atoms with E-state index < -0.39 is 29.9 Å². The number of carboxylic acid groups (broad SMARTS) is 1. The number of ether oxygens (including phenoxy) is 2. The number of para-hydroxylation sites is 1. The van der Waals surface area contributed by atoms with E-state index in [9.17, 15) is 19.5 Å². The number of amides is 2. The first-order chi connectivity index (χ1) is 17.7. The van der Waals surface area contributed by atoms with E-state index in [1.165, 1.54) is 0 Å². The fourth-order valence-electron chi connectivity index (χ4n) is 4.45. The number of carboxylic acids is 1. The van der Waals surface area contributed by atoms with Gasteiger partial charge in [-0.3, -0.25) is 19.4 Å². The number of carbonyl (C=O) groups excluding carboxylic acids is 2. The van der Waals surface area contributed by atoms with Crippen LogP contribution >= 0.6 is 0 Å². The molecule has 2 amide bonds. The van der Waals surface area contributed by atoms with Crippen LogP contribution in [-0.4, -0.2) is 55.2 Å². The highest BCUT2D eigenvalue weighted by Crippen LogP contribution is 2.31. The maximum atomic E-state index is 13.1. The maximum Gasteiger partial charge on any atom is 0.306 e. The van der Waals surface area contributed by atoms with Crippen LogP contribution in [0.1, 0.15) is 43.7 Å². The lowest BCUT2D eigenvalue weighted by atomic mass is 9.94. The molecular formula is C28H35N3O6. The highest BCUT2D eigenvalue weighted by molar-refractivity contribution is 5.99. The highest BCUT2D eigenvalue weighted by Gasteiger charge is 2.41. The SMILES string of the molecule is COc1cc(C)cc(OC)c1CCCCCNC(=O)C(C)NC(=O)[C@@]1(CC(=O)O)C=c2ccccc2=N1. The van der Waals surface area contributed by atoms with Gasteiger partial charge in [0.05, 0.1) is 26.0 Å². The molecule has 37 heavy (non-hydrogen) atoms. The summed E-state index contributed by atoms with van der Waals surface area (Å²) < 4.78 is 11.0. The number of carbonyl (C=O) groups is 3. The van der Waals surface area contributed by atoms with Gasteiger partial charge in [-0.25, -0.2) is 0 Å². The van der Waals surface area contributed by atoms with Gasteiger partial charge in [0.25, 0.3) is 5.91 Å². The number of nitrogens with one attached hydrogen (secondary N) is 2. The van der Waals surface area contributed by atoms with Gasteiger partial charge in [0.1, 0.15) is 17.5 Å². The second-order valence-electron chi connectivity index (χ2n) is 9.25. The largest absolute Gasteiger partial charge is 0.496 e. The Bertz CT molecular complexity index is 1210. The van der Waals surface area contributed by atoms with Crippen LogP contribution in [0.4, 0.5) is 0 Å². The molecule has 0 saturated carbocycles. The number of hydrogen-bond donors (Lipinski definition) is 3. The van der Waals surface area contributed by atoms with Gasteiger partial charge in [-0.05, 0) is 68.2 Å². The maximum absolute atomic E-state index is 13.1. The first-order valence-electron chi connectivity index (χ1n) is 12.4. The van der Waals surface area contributed by atoms with Crippen LogP contribution in [0.15, 0.2) is 41.4 Å². The third-order valence-corrected chi connectivity index (χ3v) is 6.36. The Balaban J connectivity index is 1.48. The van der Waals surface area contributed by atoms with Crippen LogP contribution in [-0.2, 0) is 20.8 Å². The number of methoxy groups -OCH3 is 2. The van der Waals surface area contributed by atoms with Gasteiger partial charge in [-0.2, -0.15) is 0 Å². The highest BCUT2D eigenvalue weighted by atomic mass is 16.5. The summed E-state index contributed by atoms with van der Waals surface area (Å²) in [6, 6.07) is 10.2. The minimum atomic E-state index is -1.58. The third kappa shape index (κ3) is 6.87. The summed E-state index contributed by atoms with van der Waals surface area (Å²) in [5.41, 5.74) is 0.518. The van der Waals surface area contributed by atoms with Gasteiger partial charge in [0.15, 0.2) is 5.54 Å². The molecule has 0 aliphatic carbocycles. The molecule has 0 fully saturated rings. The van der Waals surface area contributed by atoms with E-state index in [1.807, 2.05) is 19.1 Å². The van der Waals surface area contributed by atoms with Crippen molar-refractivity contribution in [3.05, 3.63) is 58.1 Å². The van der Waals surface area contributed by atoms with Gasteiger partial charge in [-0.15, -0.1) is 0 Å². The molecule has 9 heteroatoms. The van der Waals surface area contributed by atoms with Gasteiger partial charge in [0, 0.05) is 12.1 Å². The monoisotopic (exact) mass is 509 g/mol. The normalized spacial score (nSPS) is 16.5. The fourth-order valence-corrected chi connectivity index (χ4v) is 4.45. The predicted molar refractivity (Wildman–Crippen MR) is 139 cm³/mol. The Labute approximate surface area is 216 Å². The molecule has 1 aliphatic rings. The summed E-state index contributed by atoms with van der Waals surface area (Å²) in [6.07, 6.45) is 4.39. The van der Waals surface area contributed by atoms with Crippen molar-refractivity contribution < 1.29 is 29.0 Å². The predicted octanol–water partition coefficient (Wildman–Crippen LogP) is 1.67. The van der Waals surface area contributed by atoms with Crippen LogP contribution in [0.3, 0.4) is 0 Å². The summed E-state index contributed by atoms with van der Waals surface area (Å²) >= 11 is 0. The molecule has 198 valence electrons. The first-order valence-corrected chi connectivity index (χ1v) is 12.4. The Hall–Kier alpha value is -3.88. The van der Waals surface area contributed by atoms with Crippen LogP contribution in [0.25, 0.3) is 6.08 Å². The Morgan fingerprint density at radius 2 is 1.73 bits per heavy atom. The number of benzene rings is 2. The zero-order valence-electron chi connectivity index (χ0n) is 21.8. The molecule has 0 bridgehead atoms. The standard InChI is InChI=1S/C28H35N3O6/c1-18-14-23(36-3)21(24(15-18)37-4)11-6-5-9-13-29-26(34)19(2)30-27(35)28(17-25(32)33)16-20-10-7-8-12-22(20)31-28/h7-8,10,12,14-16,19H,5-6,9,11,13,17H2,1-4H3,(H,29,34)(H,30,35)(H,32,33)/t19?,28-/m0/s1. The van der Waals surface area contributed by atoms with Crippen LogP contribution < -0.4 is 30.7 Å². The minimum Gasteiger partial charge on any atom is -0.496 e. The number of aliphatic carboxylic acids is 1. The number of rotatable bonds is 13. The average molecular weight is 510 g/mol. The number of fused-ring (bicyclic) bond motifs is 1. The van der Waals surface area contributed by atoms with Crippen LogP contribution in [0.5, 0.6) is 11.5 Å². The lowest BCUT2D eigenvalue weighted by Crippen LogP contribution is -2.52. The van der Waals surface area contributed by atoms with Crippen molar-refractivity contribution in [3.8, 4) is 11.5 Å². The molecule has 1 heterocycles. The van der Waals surface area contributed by atoms with Crippen molar-refractivity contribution in [2.45, 2.75) is 57.5 Å². The zero-order chi connectivity index (χ0) is 27.0. The minimum absolute atomic E-state index is 0.337. The van der Waals surface area contributed by atoms with E-state index in [-0.39, 0.29) is 5.91 Å². The smallest absolute Gasteiger partial charge is 0.306 e. The summed E-state index contributed by atoms with van der Waals surface area (Å²) in [6.45, 7) is 4.02. The Morgan fingerprint density at radius 1 is 1.05 bits per heavy atom. The van der Waals surface area contributed by atoms with E-state index in [0.717, 1.165) is 48.3 Å². The quantitative estimate of drug-likeness (QED) is 0.353. The lowest BCUT2D eigenvalue weighted by Gasteiger charge is -2.24. The molecule has 1 aliphatic heterocycles. The van der Waals surface area contributed by atoms with Gasteiger partial charge < -0.3 is 25.2 Å². The van der Waals surface area contributed by atoms with Gasteiger partial charge >= 0.3 is 5.97 Å². The summed E-state index contributed by atoms with van der Waals surface area (Å²) in [4.78, 5) is 41.5. The van der Waals surface area contributed by atoms with E-state index >= 15 is 0 Å². The third-order valence-electron chi connectivity index (χ3n) is 6.36. The molecule has 2 aromatic carbocycles. The molecule has 9 nitrogen and oxygen atoms in total. The van der Waals surface area contributed by atoms with Crippen molar-refractivity contribution in [3.63, 3.8) is 0 Å². The molecular weight excluding hydrogens is 474 g/mol. The lowest BCUT2D eigenvalue weighted by molar-refractivity contribution is -0.140. The average Bonchev–Trinajstić information content (AvgIpc) is 3.24. The summed E-state index contributed by atoms with van der Waals surface area (Å²) in [5, 5.41) is 16.1. The van der Waals surface area contributed by atoms with Crippen molar-refractivity contribution in [2.75, 3.05) is 20.8 Å². The number of unbranched alkanes of at least 4 members (excludes halogenated alkanes) is 2. The van der Waals surface area contributed by atoms with Gasteiger partial charge in [0.2, 0.25) is 5.91 Å².